The number of fused-ring (bicyclic) bond motifs is 1. The molecule has 21 heavy (non-hydrogen) atoms. The van der Waals surface area contributed by atoms with Crippen LogP contribution in [0.2, 0.25) is 0 Å². The van der Waals surface area contributed by atoms with Crippen molar-refractivity contribution in [2.24, 2.45) is 0 Å². The standard InChI is InChI=1S/C12H7F3O5S/c13-12(14,15)21(18,19)20-8-4-5-9-7(6-8)2-1-3-10(9)11(16)17/h1-6H,(H,16,17)/p-1. The predicted molar refractivity (Wildman–Crippen MR) is 63.9 cm³/mol. The first-order valence-corrected chi connectivity index (χ1v) is 6.77. The van der Waals surface area contributed by atoms with Gasteiger partial charge in [0, 0.05) is 5.56 Å². The Bertz CT molecular complexity index is 811. The Morgan fingerprint density at radius 3 is 2.38 bits per heavy atom. The fourth-order valence-electron chi connectivity index (χ4n) is 1.67. The summed E-state index contributed by atoms with van der Waals surface area (Å²) in [4.78, 5) is 10.9. The van der Waals surface area contributed by atoms with Crippen LogP contribution in [0.25, 0.3) is 10.8 Å². The molecule has 0 aromatic heterocycles. The minimum absolute atomic E-state index is 0.169. The number of carboxylic acids is 1. The van der Waals surface area contributed by atoms with Crippen LogP contribution < -0.4 is 9.29 Å². The molecule has 2 rings (SSSR count). The van der Waals surface area contributed by atoms with Gasteiger partial charge >= 0.3 is 15.6 Å². The highest BCUT2D eigenvalue weighted by Gasteiger charge is 2.48. The van der Waals surface area contributed by atoms with Gasteiger partial charge in [0.2, 0.25) is 0 Å². The number of aromatic carboxylic acids is 1. The van der Waals surface area contributed by atoms with Crippen molar-refractivity contribution in [3.63, 3.8) is 0 Å². The normalized spacial score (nSPS) is 12.3. The number of hydrogen-bond acceptors (Lipinski definition) is 5. The SMILES string of the molecule is O=C([O-])c1cccc2cc(OS(=O)(=O)C(F)(F)F)ccc12. The molecule has 0 aliphatic heterocycles. The van der Waals surface area contributed by atoms with Gasteiger partial charge in [-0.15, -0.1) is 0 Å². The molecule has 0 radical (unpaired) electrons. The van der Waals surface area contributed by atoms with Crippen molar-refractivity contribution in [1.82, 2.24) is 0 Å². The molecule has 2 aromatic rings. The lowest BCUT2D eigenvalue weighted by Crippen LogP contribution is -2.28. The summed E-state index contributed by atoms with van der Waals surface area (Å²) in [7, 11) is -5.77. The Kier molecular flexibility index (Phi) is 3.54. The highest BCUT2D eigenvalue weighted by molar-refractivity contribution is 7.88. The maximum atomic E-state index is 12.2. The van der Waals surface area contributed by atoms with Gasteiger partial charge in [0.1, 0.15) is 5.75 Å². The van der Waals surface area contributed by atoms with E-state index in [0.717, 1.165) is 18.2 Å². The Labute approximate surface area is 116 Å². The third-order valence-electron chi connectivity index (χ3n) is 2.56. The average Bonchev–Trinajstić information content (AvgIpc) is 2.35. The Morgan fingerprint density at radius 2 is 1.81 bits per heavy atom. The number of alkyl halides is 3. The van der Waals surface area contributed by atoms with E-state index < -0.39 is 27.3 Å². The zero-order valence-corrected chi connectivity index (χ0v) is 10.9. The zero-order chi connectivity index (χ0) is 15.8. The number of benzene rings is 2. The van der Waals surface area contributed by atoms with E-state index in [0.29, 0.717) is 0 Å². The summed E-state index contributed by atoms with van der Waals surface area (Å²) in [5.41, 5.74) is -5.72. The number of carbonyl (C=O) groups excluding carboxylic acids is 1. The molecule has 9 heteroatoms. The third kappa shape index (κ3) is 2.92. The molecule has 0 aliphatic rings. The minimum atomic E-state index is -5.77. The van der Waals surface area contributed by atoms with Crippen molar-refractivity contribution >= 4 is 26.9 Å². The van der Waals surface area contributed by atoms with Gasteiger partial charge < -0.3 is 14.1 Å². The number of carbonyl (C=O) groups is 1. The lowest BCUT2D eigenvalue weighted by Gasteiger charge is -2.11. The summed E-state index contributed by atoms with van der Waals surface area (Å²) < 4.78 is 62.3. The van der Waals surface area contributed by atoms with Crippen molar-refractivity contribution < 1.29 is 35.7 Å². The molecule has 5 nitrogen and oxygen atoms in total. The van der Waals surface area contributed by atoms with Crippen molar-refractivity contribution in [2.45, 2.75) is 5.51 Å². The van der Waals surface area contributed by atoms with Crippen LogP contribution in [-0.4, -0.2) is 19.9 Å². The van der Waals surface area contributed by atoms with Crippen LogP contribution in [0.3, 0.4) is 0 Å². The van der Waals surface area contributed by atoms with E-state index in [-0.39, 0.29) is 16.3 Å². The van der Waals surface area contributed by atoms with Crippen LogP contribution in [-0.2, 0) is 10.1 Å². The van der Waals surface area contributed by atoms with Crippen LogP contribution in [0.1, 0.15) is 10.4 Å². The monoisotopic (exact) mass is 319 g/mol. The topological polar surface area (TPSA) is 83.5 Å². The van der Waals surface area contributed by atoms with Crippen molar-refractivity contribution in [2.75, 3.05) is 0 Å². The maximum Gasteiger partial charge on any atom is 0.534 e. The van der Waals surface area contributed by atoms with E-state index in [2.05, 4.69) is 4.18 Å². The summed E-state index contributed by atoms with van der Waals surface area (Å²) in [5.74, 6) is -2.03. The number of rotatable bonds is 3. The van der Waals surface area contributed by atoms with E-state index in [1.807, 2.05) is 0 Å². The first kappa shape index (κ1) is 15.1. The van der Waals surface area contributed by atoms with Gasteiger partial charge in [0.25, 0.3) is 0 Å². The second kappa shape index (κ2) is 4.92. The average molecular weight is 319 g/mol. The highest BCUT2D eigenvalue weighted by atomic mass is 32.2. The predicted octanol–water partition coefficient (Wildman–Crippen LogP) is 1.43. The number of halogens is 3. The van der Waals surface area contributed by atoms with Crippen LogP contribution in [0.15, 0.2) is 36.4 Å². The van der Waals surface area contributed by atoms with Crippen LogP contribution in [0.4, 0.5) is 13.2 Å². The fraction of sp³-hybridized carbons (Fsp3) is 0.0833. The molecule has 112 valence electrons. The summed E-state index contributed by atoms with van der Waals surface area (Å²) in [6.45, 7) is 0. The molecule has 0 bridgehead atoms. The van der Waals surface area contributed by atoms with E-state index in [1.165, 1.54) is 18.2 Å². The van der Waals surface area contributed by atoms with Crippen LogP contribution in [0.5, 0.6) is 5.75 Å². The summed E-state index contributed by atoms with van der Waals surface area (Å²) >= 11 is 0. The van der Waals surface area contributed by atoms with Crippen LogP contribution in [0, 0.1) is 0 Å². The molecule has 0 saturated heterocycles. The molecular weight excluding hydrogens is 313 g/mol. The molecule has 0 unspecified atom stereocenters. The van der Waals surface area contributed by atoms with Gasteiger partial charge in [0.05, 0.1) is 5.97 Å². The highest BCUT2D eigenvalue weighted by Crippen LogP contribution is 2.29. The quantitative estimate of drug-likeness (QED) is 0.631. The first-order chi connectivity index (χ1) is 9.62. The molecule has 0 heterocycles. The second-order valence-corrected chi connectivity index (χ2v) is 5.50. The minimum Gasteiger partial charge on any atom is -0.545 e. The third-order valence-corrected chi connectivity index (χ3v) is 3.54. The summed E-state index contributed by atoms with van der Waals surface area (Å²) in [5, 5.41) is 11.3. The van der Waals surface area contributed by atoms with Crippen molar-refractivity contribution in [1.29, 1.82) is 0 Å². The van der Waals surface area contributed by atoms with Gasteiger partial charge in [0.15, 0.2) is 0 Å². The van der Waals surface area contributed by atoms with Gasteiger partial charge in [-0.25, -0.2) is 0 Å². The van der Waals surface area contributed by atoms with E-state index in [4.69, 9.17) is 0 Å². The summed E-state index contributed by atoms with van der Waals surface area (Å²) in [6.07, 6.45) is 0. The number of carboxylic acid groups (broad SMARTS) is 1. The molecule has 2 aromatic carbocycles. The van der Waals surface area contributed by atoms with E-state index >= 15 is 0 Å². The van der Waals surface area contributed by atoms with Gasteiger partial charge in [-0.1, -0.05) is 18.2 Å². The Hall–Kier alpha value is -2.29. The first-order valence-electron chi connectivity index (χ1n) is 5.37. The van der Waals surface area contributed by atoms with Gasteiger partial charge in [-0.05, 0) is 29.0 Å². The maximum absolute atomic E-state index is 12.2. The molecular formula is C12H6F3O5S-. The smallest absolute Gasteiger partial charge is 0.534 e. The Balaban J connectivity index is 2.49. The van der Waals surface area contributed by atoms with E-state index in [9.17, 15) is 31.5 Å². The van der Waals surface area contributed by atoms with Crippen molar-refractivity contribution in [3.8, 4) is 5.75 Å². The summed E-state index contributed by atoms with van der Waals surface area (Å²) in [6, 6.07) is 7.06. The fourth-order valence-corrected chi connectivity index (χ4v) is 2.12. The number of hydrogen-bond donors (Lipinski definition) is 0. The van der Waals surface area contributed by atoms with Gasteiger partial charge in [-0.3, -0.25) is 0 Å². The van der Waals surface area contributed by atoms with Crippen LogP contribution >= 0.6 is 0 Å². The molecule has 0 fully saturated rings. The molecule has 0 aliphatic carbocycles. The lowest BCUT2D eigenvalue weighted by atomic mass is 10.0. The molecule has 0 atom stereocenters. The van der Waals surface area contributed by atoms with Gasteiger partial charge in [-0.2, -0.15) is 21.6 Å². The Morgan fingerprint density at radius 1 is 1.14 bits per heavy atom. The largest absolute Gasteiger partial charge is 0.545 e. The van der Waals surface area contributed by atoms with Crippen molar-refractivity contribution in [3.05, 3.63) is 42.0 Å². The van der Waals surface area contributed by atoms with E-state index in [1.54, 1.807) is 0 Å². The zero-order valence-electron chi connectivity index (χ0n) is 10.0. The molecule has 0 saturated carbocycles. The molecule has 0 spiro atoms. The lowest BCUT2D eigenvalue weighted by molar-refractivity contribution is -0.254. The molecule has 0 N–H and O–H groups in total. The molecule has 0 amide bonds. The second-order valence-electron chi connectivity index (χ2n) is 3.96.